The molecule has 2 heterocycles. The van der Waals surface area contributed by atoms with Crippen LogP contribution in [-0.4, -0.2) is 0 Å². The summed E-state index contributed by atoms with van der Waals surface area (Å²) in [5.74, 6) is 0.814. The summed E-state index contributed by atoms with van der Waals surface area (Å²) < 4.78 is 6.96. The molecule has 2 nitrogen and oxygen atoms in total. The van der Waals surface area contributed by atoms with Crippen LogP contribution < -0.4 is 5.73 Å². The number of halogens is 1. The lowest BCUT2D eigenvalue weighted by atomic mass is 10.1. The first-order chi connectivity index (χ1) is 8.65. The third kappa shape index (κ3) is 2.00. The summed E-state index contributed by atoms with van der Waals surface area (Å²) in [6.07, 6.45) is 0. The van der Waals surface area contributed by atoms with Gasteiger partial charge >= 0.3 is 0 Å². The van der Waals surface area contributed by atoms with E-state index in [2.05, 4.69) is 22.0 Å². The van der Waals surface area contributed by atoms with Crippen molar-refractivity contribution in [2.45, 2.75) is 13.0 Å². The summed E-state index contributed by atoms with van der Waals surface area (Å²) in [6.45, 7) is 2.04. The molecule has 0 amide bonds. The van der Waals surface area contributed by atoms with Crippen molar-refractivity contribution in [3.63, 3.8) is 0 Å². The van der Waals surface area contributed by atoms with Crippen LogP contribution in [0.25, 0.3) is 11.0 Å². The van der Waals surface area contributed by atoms with Crippen LogP contribution in [0.2, 0.25) is 0 Å². The van der Waals surface area contributed by atoms with Crippen LogP contribution in [0.3, 0.4) is 0 Å². The molecule has 0 aliphatic rings. The monoisotopic (exact) mass is 321 g/mol. The summed E-state index contributed by atoms with van der Waals surface area (Å²) in [4.78, 5) is 1.12. The van der Waals surface area contributed by atoms with Gasteiger partial charge in [0.15, 0.2) is 0 Å². The van der Waals surface area contributed by atoms with E-state index in [4.69, 9.17) is 10.2 Å². The zero-order valence-electron chi connectivity index (χ0n) is 9.81. The summed E-state index contributed by atoms with van der Waals surface area (Å²) in [5.41, 5.74) is 8.25. The van der Waals surface area contributed by atoms with Crippen LogP contribution in [-0.2, 0) is 0 Å². The first kappa shape index (κ1) is 12.0. The minimum Gasteiger partial charge on any atom is -0.459 e. The topological polar surface area (TPSA) is 39.2 Å². The van der Waals surface area contributed by atoms with Crippen LogP contribution in [0, 0.1) is 6.92 Å². The molecule has 1 aromatic carbocycles. The highest BCUT2D eigenvalue weighted by Gasteiger charge is 2.16. The van der Waals surface area contributed by atoms with Crippen molar-refractivity contribution in [2.24, 2.45) is 5.73 Å². The summed E-state index contributed by atoms with van der Waals surface area (Å²) >= 11 is 5.15. The molecule has 0 aliphatic heterocycles. The molecule has 18 heavy (non-hydrogen) atoms. The lowest BCUT2D eigenvalue weighted by Crippen LogP contribution is -2.08. The van der Waals surface area contributed by atoms with Crippen molar-refractivity contribution >= 4 is 38.2 Å². The minimum absolute atomic E-state index is 0.185. The highest BCUT2D eigenvalue weighted by Crippen LogP contribution is 2.32. The second kappa shape index (κ2) is 4.53. The summed E-state index contributed by atoms with van der Waals surface area (Å²) in [5, 5.41) is 3.11. The van der Waals surface area contributed by atoms with E-state index in [0.29, 0.717) is 0 Å². The molecule has 0 aliphatic carbocycles. The van der Waals surface area contributed by atoms with Gasteiger partial charge in [0.05, 0.1) is 6.04 Å². The third-order valence-corrected chi connectivity index (χ3v) is 4.36. The lowest BCUT2D eigenvalue weighted by molar-refractivity contribution is 0.526. The van der Waals surface area contributed by atoms with E-state index in [0.717, 1.165) is 31.6 Å². The van der Waals surface area contributed by atoms with Crippen molar-refractivity contribution in [3.05, 3.63) is 56.4 Å². The van der Waals surface area contributed by atoms with Gasteiger partial charge in [-0.15, -0.1) is 11.3 Å². The van der Waals surface area contributed by atoms with Crippen molar-refractivity contribution in [1.82, 2.24) is 0 Å². The number of benzene rings is 1. The molecule has 0 radical (unpaired) electrons. The second-order valence-corrected chi connectivity index (χ2v) is 6.18. The number of hydrogen-bond donors (Lipinski definition) is 1. The van der Waals surface area contributed by atoms with E-state index in [1.54, 1.807) is 11.3 Å². The number of aryl methyl sites for hydroxylation is 1. The van der Waals surface area contributed by atoms with Gasteiger partial charge in [0.2, 0.25) is 0 Å². The van der Waals surface area contributed by atoms with Crippen LogP contribution in [0.4, 0.5) is 0 Å². The number of thiophene rings is 1. The van der Waals surface area contributed by atoms with Gasteiger partial charge in [-0.1, -0.05) is 22.0 Å². The van der Waals surface area contributed by atoms with E-state index >= 15 is 0 Å². The van der Waals surface area contributed by atoms with Crippen molar-refractivity contribution in [2.75, 3.05) is 0 Å². The van der Waals surface area contributed by atoms with Gasteiger partial charge in [0.25, 0.3) is 0 Å². The first-order valence-electron chi connectivity index (χ1n) is 5.64. The van der Waals surface area contributed by atoms with Crippen molar-refractivity contribution in [3.8, 4) is 0 Å². The number of nitrogens with two attached hydrogens (primary N) is 1. The standard InChI is InChI=1S/C14H12BrNOS/c1-8-5-10(15)6-9-7-11(17-14(8)9)13(16)12-3-2-4-18-12/h2-7,13H,16H2,1H3. The Morgan fingerprint density at radius 1 is 1.33 bits per heavy atom. The minimum atomic E-state index is -0.185. The highest BCUT2D eigenvalue weighted by molar-refractivity contribution is 9.10. The Hall–Kier alpha value is -1.10. The SMILES string of the molecule is Cc1cc(Br)cc2cc(C(N)c3cccs3)oc12. The van der Waals surface area contributed by atoms with Gasteiger partial charge in [0, 0.05) is 14.7 Å². The van der Waals surface area contributed by atoms with E-state index in [1.165, 1.54) is 0 Å². The number of furan rings is 1. The molecule has 0 bridgehead atoms. The fraction of sp³-hybridized carbons (Fsp3) is 0.143. The predicted molar refractivity (Wildman–Crippen MR) is 79.0 cm³/mol. The molecule has 1 atom stereocenters. The van der Waals surface area contributed by atoms with Gasteiger partial charge in [-0.2, -0.15) is 0 Å². The number of hydrogen-bond acceptors (Lipinski definition) is 3. The molecular weight excluding hydrogens is 310 g/mol. The van der Waals surface area contributed by atoms with Crippen molar-refractivity contribution in [1.29, 1.82) is 0 Å². The molecule has 0 fully saturated rings. The van der Waals surface area contributed by atoms with E-state index in [1.807, 2.05) is 36.6 Å². The Morgan fingerprint density at radius 3 is 2.89 bits per heavy atom. The molecule has 92 valence electrons. The quantitative estimate of drug-likeness (QED) is 0.748. The molecule has 1 unspecified atom stereocenters. The maximum Gasteiger partial charge on any atom is 0.137 e. The smallest absolute Gasteiger partial charge is 0.137 e. The van der Waals surface area contributed by atoms with Crippen LogP contribution in [0.5, 0.6) is 0 Å². The van der Waals surface area contributed by atoms with Gasteiger partial charge in [-0.3, -0.25) is 0 Å². The zero-order chi connectivity index (χ0) is 12.7. The van der Waals surface area contributed by atoms with Gasteiger partial charge < -0.3 is 10.2 Å². The third-order valence-electron chi connectivity index (χ3n) is 2.94. The Balaban J connectivity index is 2.11. The molecular formula is C14H12BrNOS. The molecule has 0 saturated heterocycles. The number of rotatable bonds is 2. The fourth-order valence-corrected chi connectivity index (χ4v) is 3.39. The molecule has 0 spiro atoms. The Bertz CT molecular complexity index is 687. The normalized spacial score (nSPS) is 13.1. The van der Waals surface area contributed by atoms with Crippen LogP contribution in [0.15, 0.2) is 44.6 Å². The van der Waals surface area contributed by atoms with E-state index in [-0.39, 0.29) is 6.04 Å². The predicted octanol–water partition coefficient (Wildman–Crippen LogP) is 4.61. The Kier molecular flexibility index (Phi) is 3.01. The lowest BCUT2D eigenvalue weighted by Gasteiger charge is -2.04. The van der Waals surface area contributed by atoms with Crippen molar-refractivity contribution < 1.29 is 4.42 Å². The number of fused-ring (bicyclic) bond motifs is 1. The molecule has 3 rings (SSSR count). The largest absolute Gasteiger partial charge is 0.459 e. The van der Waals surface area contributed by atoms with E-state index in [9.17, 15) is 0 Å². The van der Waals surface area contributed by atoms with Crippen LogP contribution >= 0.6 is 27.3 Å². The Labute approximate surface area is 118 Å². The summed E-state index contributed by atoms with van der Waals surface area (Å²) in [6, 6.07) is 9.98. The summed E-state index contributed by atoms with van der Waals surface area (Å²) in [7, 11) is 0. The maximum atomic E-state index is 6.22. The van der Waals surface area contributed by atoms with Gasteiger partial charge in [-0.05, 0) is 42.1 Å². The highest BCUT2D eigenvalue weighted by atomic mass is 79.9. The molecule has 3 aromatic rings. The average Bonchev–Trinajstić information content (AvgIpc) is 2.96. The Morgan fingerprint density at radius 2 is 2.17 bits per heavy atom. The fourth-order valence-electron chi connectivity index (χ4n) is 2.06. The molecule has 4 heteroatoms. The van der Waals surface area contributed by atoms with E-state index < -0.39 is 0 Å². The molecule has 2 N–H and O–H groups in total. The zero-order valence-corrected chi connectivity index (χ0v) is 12.2. The average molecular weight is 322 g/mol. The van der Waals surface area contributed by atoms with Crippen LogP contribution in [0.1, 0.15) is 22.2 Å². The second-order valence-electron chi connectivity index (χ2n) is 4.28. The maximum absolute atomic E-state index is 6.22. The van der Waals surface area contributed by atoms with Gasteiger partial charge in [-0.25, -0.2) is 0 Å². The van der Waals surface area contributed by atoms with Gasteiger partial charge in [0.1, 0.15) is 11.3 Å². The first-order valence-corrected chi connectivity index (χ1v) is 7.31. The molecule has 2 aromatic heterocycles. The molecule has 0 saturated carbocycles.